The molecular weight excluding hydrogens is 430 g/mol. The highest BCUT2D eigenvalue weighted by molar-refractivity contribution is 7.90. The van der Waals surface area contributed by atoms with Gasteiger partial charge in [0, 0.05) is 32.6 Å². The molecule has 0 saturated carbocycles. The number of likely N-dealkylation sites (N-methyl/N-ethyl adjacent to an activating group) is 1. The minimum absolute atomic E-state index is 0.0206. The van der Waals surface area contributed by atoms with E-state index < -0.39 is 28.0 Å². The average Bonchev–Trinajstić information content (AvgIpc) is 3.02. The van der Waals surface area contributed by atoms with Gasteiger partial charge in [-0.1, -0.05) is 36.8 Å². The third kappa shape index (κ3) is 4.25. The van der Waals surface area contributed by atoms with Gasteiger partial charge in [0.05, 0.1) is 11.3 Å². The number of esters is 1. The Kier molecular flexibility index (Phi) is 6.01. The molecule has 4 rings (SSSR count). The fourth-order valence-electron chi connectivity index (χ4n) is 3.91. The molecule has 0 aliphatic carbocycles. The summed E-state index contributed by atoms with van der Waals surface area (Å²) in [6.07, 6.45) is 2.31. The summed E-state index contributed by atoms with van der Waals surface area (Å²) in [6.45, 7) is 0.679. The fourth-order valence-corrected chi connectivity index (χ4v) is 5.19. The van der Waals surface area contributed by atoms with E-state index in [2.05, 4.69) is 4.40 Å². The number of sulfonamides is 1. The summed E-state index contributed by atoms with van der Waals surface area (Å²) in [4.78, 5) is 28.9. The van der Waals surface area contributed by atoms with Crippen molar-refractivity contribution in [1.29, 1.82) is 0 Å². The van der Waals surface area contributed by atoms with Crippen LogP contribution in [0.2, 0.25) is 0 Å². The maximum atomic E-state index is 13.0. The van der Waals surface area contributed by atoms with E-state index in [1.54, 1.807) is 50.5 Å². The first-order valence-corrected chi connectivity index (χ1v) is 11.9. The number of hydrogen-bond acceptors (Lipinski definition) is 6. The lowest BCUT2D eigenvalue weighted by Crippen LogP contribution is -2.35. The normalized spacial score (nSPS) is 17.8. The van der Waals surface area contributed by atoms with Gasteiger partial charge in [0.2, 0.25) is 6.10 Å². The highest BCUT2D eigenvalue weighted by atomic mass is 32.2. The van der Waals surface area contributed by atoms with Crippen LogP contribution >= 0.6 is 0 Å². The van der Waals surface area contributed by atoms with Crippen molar-refractivity contribution in [3.63, 3.8) is 0 Å². The van der Waals surface area contributed by atoms with E-state index in [4.69, 9.17) is 4.74 Å². The van der Waals surface area contributed by atoms with Crippen LogP contribution in [0.25, 0.3) is 0 Å². The number of carbonyl (C=O) groups is 2. The van der Waals surface area contributed by atoms with Gasteiger partial charge >= 0.3 is 5.97 Å². The summed E-state index contributed by atoms with van der Waals surface area (Å²) >= 11 is 0. The average molecular weight is 456 g/mol. The van der Waals surface area contributed by atoms with Crippen LogP contribution in [0.5, 0.6) is 0 Å². The molecule has 2 heterocycles. The van der Waals surface area contributed by atoms with Crippen molar-refractivity contribution in [2.45, 2.75) is 36.7 Å². The minimum Gasteiger partial charge on any atom is -0.444 e. The van der Waals surface area contributed by atoms with E-state index in [0.717, 1.165) is 19.3 Å². The smallest absolute Gasteiger partial charge is 0.339 e. The van der Waals surface area contributed by atoms with Crippen LogP contribution in [0.1, 0.15) is 47.7 Å². The Labute approximate surface area is 187 Å². The van der Waals surface area contributed by atoms with Gasteiger partial charge in [0.1, 0.15) is 10.7 Å². The number of amides is 1. The van der Waals surface area contributed by atoms with Crippen LogP contribution in [-0.2, 0) is 19.6 Å². The van der Waals surface area contributed by atoms with E-state index in [9.17, 15) is 18.0 Å². The van der Waals surface area contributed by atoms with Crippen LogP contribution in [0, 0.1) is 0 Å². The van der Waals surface area contributed by atoms with Crippen molar-refractivity contribution in [1.82, 2.24) is 4.90 Å². The second-order valence-electron chi connectivity index (χ2n) is 8.06. The second-order valence-corrected chi connectivity index (χ2v) is 9.63. The highest BCUT2D eigenvalue weighted by Gasteiger charge is 2.33. The number of benzene rings is 2. The van der Waals surface area contributed by atoms with E-state index >= 15 is 0 Å². The molecule has 1 atom stereocenters. The largest absolute Gasteiger partial charge is 0.444 e. The summed E-state index contributed by atoms with van der Waals surface area (Å²) < 4.78 is 35.2. The topological polar surface area (TPSA) is 96.3 Å². The van der Waals surface area contributed by atoms with Gasteiger partial charge < -0.3 is 14.5 Å². The zero-order chi connectivity index (χ0) is 22.9. The number of ether oxygens (including phenoxy) is 1. The Bertz CT molecular complexity index is 1180. The lowest BCUT2D eigenvalue weighted by molar-refractivity contribution is -0.138. The molecule has 2 aromatic carbocycles. The number of amidine groups is 1. The molecule has 0 unspecified atom stereocenters. The first-order valence-electron chi connectivity index (χ1n) is 10.5. The van der Waals surface area contributed by atoms with Crippen molar-refractivity contribution in [3.05, 3.63) is 59.7 Å². The Balaban J connectivity index is 1.67. The molecular formula is C23H25N3O5S. The van der Waals surface area contributed by atoms with Crippen LogP contribution < -0.4 is 4.90 Å². The Hall–Kier alpha value is -3.20. The predicted molar refractivity (Wildman–Crippen MR) is 120 cm³/mol. The SMILES string of the molecule is CN(C)C(=O)[C@H](OC(=O)c1ccc2c(c1)S(=O)(=O)N=C1CCCCCN12)c1ccccc1. The molecule has 0 spiro atoms. The highest BCUT2D eigenvalue weighted by Crippen LogP contribution is 2.35. The van der Waals surface area contributed by atoms with Crippen LogP contribution in [0.15, 0.2) is 57.8 Å². The zero-order valence-electron chi connectivity index (χ0n) is 18.0. The molecule has 0 N–H and O–H groups in total. The third-order valence-electron chi connectivity index (χ3n) is 5.58. The molecule has 1 saturated heterocycles. The molecule has 0 aromatic heterocycles. The van der Waals surface area contributed by atoms with Crippen molar-refractivity contribution < 1.29 is 22.7 Å². The van der Waals surface area contributed by atoms with Gasteiger partial charge in [-0.25, -0.2) is 4.79 Å². The molecule has 1 fully saturated rings. The van der Waals surface area contributed by atoms with Gasteiger partial charge in [-0.3, -0.25) is 4.79 Å². The maximum Gasteiger partial charge on any atom is 0.339 e. The summed E-state index contributed by atoms with van der Waals surface area (Å²) in [5.41, 5.74) is 1.11. The van der Waals surface area contributed by atoms with Gasteiger partial charge in [0.15, 0.2) is 0 Å². The quantitative estimate of drug-likeness (QED) is 0.657. The lowest BCUT2D eigenvalue weighted by atomic mass is 10.1. The van der Waals surface area contributed by atoms with Gasteiger partial charge in [0.25, 0.3) is 15.9 Å². The molecule has 0 bridgehead atoms. The second kappa shape index (κ2) is 8.74. The number of anilines is 1. The van der Waals surface area contributed by atoms with E-state index in [0.29, 0.717) is 30.1 Å². The van der Waals surface area contributed by atoms with Crippen LogP contribution in [-0.4, -0.2) is 51.7 Å². The lowest BCUT2D eigenvalue weighted by Gasteiger charge is -2.29. The molecule has 9 heteroatoms. The molecule has 32 heavy (non-hydrogen) atoms. The molecule has 2 aliphatic heterocycles. The van der Waals surface area contributed by atoms with Gasteiger partial charge in [-0.15, -0.1) is 4.40 Å². The number of hydrogen-bond donors (Lipinski definition) is 0. The van der Waals surface area contributed by atoms with Gasteiger partial charge in [-0.2, -0.15) is 8.42 Å². The molecule has 2 aromatic rings. The minimum atomic E-state index is -3.93. The van der Waals surface area contributed by atoms with Crippen LogP contribution in [0.4, 0.5) is 5.69 Å². The molecule has 1 amide bonds. The summed E-state index contributed by atoms with van der Waals surface area (Å²) in [7, 11) is -0.776. The predicted octanol–water partition coefficient (Wildman–Crippen LogP) is 3.15. The number of fused-ring (bicyclic) bond motifs is 3. The molecule has 0 radical (unpaired) electrons. The zero-order valence-corrected chi connectivity index (χ0v) is 18.8. The summed E-state index contributed by atoms with van der Waals surface area (Å²) in [6, 6.07) is 13.2. The number of nitrogens with zero attached hydrogens (tertiary/aromatic N) is 3. The van der Waals surface area contributed by atoms with Crippen molar-refractivity contribution in [2.24, 2.45) is 4.40 Å². The number of rotatable bonds is 4. The van der Waals surface area contributed by atoms with Gasteiger partial charge in [-0.05, 0) is 31.0 Å². The maximum absolute atomic E-state index is 13.0. The Morgan fingerprint density at radius 3 is 2.53 bits per heavy atom. The third-order valence-corrected chi connectivity index (χ3v) is 6.91. The Morgan fingerprint density at radius 1 is 1.06 bits per heavy atom. The monoisotopic (exact) mass is 455 g/mol. The molecule has 2 aliphatic rings. The Morgan fingerprint density at radius 2 is 1.81 bits per heavy atom. The van der Waals surface area contributed by atoms with Crippen molar-refractivity contribution in [2.75, 3.05) is 25.5 Å². The molecule has 168 valence electrons. The first-order chi connectivity index (χ1) is 15.3. The number of carbonyl (C=O) groups excluding carboxylic acids is 2. The molecule has 8 nitrogen and oxygen atoms in total. The van der Waals surface area contributed by atoms with E-state index in [1.807, 2.05) is 4.90 Å². The summed E-state index contributed by atoms with van der Waals surface area (Å²) in [5.74, 6) is -0.627. The van der Waals surface area contributed by atoms with Crippen molar-refractivity contribution in [3.8, 4) is 0 Å². The van der Waals surface area contributed by atoms with Crippen LogP contribution in [0.3, 0.4) is 0 Å². The van der Waals surface area contributed by atoms with E-state index in [-0.39, 0.29) is 10.5 Å². The van der Waals surface area contributed by atoms with E-state index in [1.165, 1.54) is 17.0 Å². The standard InChI is InChI=1S/C23H25N3O5S/c1-25(2)22(27)21(16-9-5-3-6-10-16)31-23(28)17-12-13-18-19(15-17)32(29,30)24-20-11-7-4-8-14-26(18)20/h3,5-6,9-10,12-13,15,21H,4,7-8,11,14H2,1-2H3/t21-/m1/s1. The fraction of sp³-hybridized carbons (Fsp3) is 0.348. The van der Waals surface area contributed by atoms with Crippen molar-refractivity contribution >= 4 is 33.4 Å². The summed E-state index contributed by atoms with van der Waals surface area (Å²) in [5, 5.41) is 0. The first kappa shape index (κ1) is 22.0.